The van der Waals surface area contributed by atoms with Crippen molar-refractivity contribution in [3.05, 3.63) is 35.4 Å². The summed E-state index contributed by atoms with van der Waals surface area (Å²) in [5.74, 6) is -0.174. The maximum absolute atomic E-state index is 12.1. The van der Waals surface area contributed by atoms with Crippen LogP contribution in [0.3, 0.4) is 0 Å². The zero-order valence-corrected chi connectivity index (χ0v) is 13.2. The molecule has 2 aliphatic rings. The topological polar surface area (TPSA) is 70.2 Å². The van der Waals surface area contributed by atoms with Crippen LogP contribution in [0.4, 0.5) is 4.79 Å². The minimum atomic E-state index is -0.709. The second-order valence-corrected chi connectivity index (χ2v) is 6.47. The molecular weight excluding hydrogens is 278 g/mol. The van der Waals surface area contributed by atoms with E-state index < -0.39 is 5.54 Å². The number of benzene rings is 1. The molecule has 1 saturated heterocycles. The zero-order chi connectivity index (χ0) is 15.8. The molecule has 1 aromatic carbocycles. The summed E-state index contributed by atoms with van der Waals surface area (Å²) in [5.41, 5.74) is 1.69. The molecule has 1 aliphatic heterocycles. The van der Waals surface area contributed by atoms with Crippen molar-refractivity contribution in [1.29, 1.82) is 0 Å². The van der Waals surface area contributed by atoms with Crippen LogP contribution < -0.4 is 16.0 Å². The van der Waals surface area contributed by atoms with Crippen LogP contribution in [-0.2, 0) is 10.3 Å². The van der Waals surface area contributed by atoms with Crippen LogP contribution in [0.2, 0.25) is 0 Å². The van der Waals surface area contributed by atoms with Gasteiger partial charge in [-0.25, -0.2) is 4.79 Å². The van der Waals surface area contributed by atoms with Crippen molar-refractivity contribution < 1.29 is 9.59 Å². The lowest BCUT2D eigenvalue weighted by molar-refractivity contribution is -0.125. The van der Waals surface area contributed by atoms with Crippen molar-refractivity contribution in [1.82, 2.24) is 16.0 Å². The molecule has 3 N–H and O–H groups in total. The van der Waals surface area contributed by atoms with E-state index in [0.717, 1.165) is 19.4 Å². The Labute approximate surface area is 130 Å². The fraction of sp³-hybridized carbons (Fsp3) is 0.529. The van der Waals surface area contributed by atoms with Crippen LogP contribution in [0.5, 0.6) is 0 Å². The molecule has 3 rings (SSSR count). The number of carbonyl (C=O) groups is 2. The van der Waals surface area contributed by atoms with Crippen LogP contribution in [-0.4, -0.2) is 24.0 Å². The van der Waals surface area contributed by atoms with Crippen molar-refractivity contribution in [2.45, 2.75) is 50.6 Å². The van der Waals surface area contributed by atoms with Gasteiger partial charge in [0.2, 0.25) is 0 Å². The van der Waals surface area contributed by atoms with Crippen molar-refractivity contribution in [3.8, 4) is 0 Å². The first kappa shape index (κ1) is 15.0. The number of nitrogens with one attached hydrogen (secondary N) is 3. The third-order valence-electron chi connectivity index (χ3n) is 5.06. The van der Waals surface area contributed by atoms with Crippen LogP contribution in [0.25, 0.3) is 0 Å². The predicted molar refractivity (Wildman–Crippen MR) is 84.4 cm³/mol. The van der Waals surface area contributed by atoms with E-state index in [1.165, 1.54) is 11.1 Å². The standard InChI is InChI=1S/C17H23N3O2/c1-3-18-16(13-6-4-5-12(2)11-13)7-9-17(10-8-16)14(21)19-15(22)20-17/h4-6,11,18H,3,7-10H2,1-2H3,(H2,19,20,21,22)/t16-,17+. The first-order valence-corrected chi connectivity index (χ1v) is 7.95. The van der Waals surface area contributed by atoms with E-state index in [2.05, 4.69) is 54.1 Å². The number of imide groups is 1. The summed E-state index contributed by atoms with van der Waals surface area (Å²) in [4.78, 5) is 23.6. The van der Waals surface area contributed by atoms with Gasteiger partial charge in [0, 0.05) is 5.54 Å². The molecule has 2 fully saturated rings. The van der Waals surface area contributed by atoms with Crippen LogP contribution in [0, 0.1) is 6.92 Å². The number of hydrogen-bond acceptors (Lipinski definition) is 3. The predicted octanol–water partition coefficient (Wildman–Crippen LogP) is 1.95. The summed E-state index contributed by atoms with van der Waals surface area (Å²) in [6.45, 7) is 5.07. The van der Waals surface area contributed by atoms with Gasteiger partial charge in [-0.15, -0.1) is 0 Å². The number of aryl methyl sites for hydroxylation is 1. The lowest BCUT2D eigenvalue weighted by Crippen LogP contribution is -2.56. The highest BCUT2D eigenvalue weighted by Crippen LogP contribution is 2.42. The van der Waals surface area contributed by atoms with Crippen molar-refractivity contribution in [2.75, 3.05) is 6.54 Å². The molecule has 1 saturated carbocycles. The van der Waals surface area contributed by atoms with E-state index >= 15 is 0 Å². The van der Waals surface area contributed by atoms with Gasteiger partial charge in [-0.1, -0.05) is 36.8 Å². The fourth-order valence-corrected chi connectivity index (χ4v) is 3.83. The Hall–Kier alpha value is -1.88. The van der Waals surface area contributed by atoms with E-state index in [1.54, 1.807) is 0 Å². The molecule has 1 aromatic rings. The molecule has 0 aromatic heterocycles. The Balaban J connectivity index is 1.86. The van der Waals surface area contributed by atoms with E-state index in [1.807, 2.05) is 0 Å². The molecule has 0 radical (unpaired) electrons. The molecular formula is C17H23N3O2. The van der Waals surface area contributed by atoms with E-state index in [4.69, 9.17) is 0 Å². The molecule has 1 spiro atoms. The normalized spacial score (nSPS) is 31.2. The van der Waals surface area contributed by atoms with E-state index in [0.29, 0.717) is 12.8 Å². The van der Waals surface area contributed by atoms with Gasteiger partial charge in [-0.2, -0.15) is 0 Å². The molecule has 5 heteroatoms. The second kappa shape index (κ2) is 5.39. The fourth-order valence-electron chi connectivity index (χ4n) is 3.83. The van der Waals surface area contributed by atoms with E-state index in [9.17, 15) is 9.59 Å². The van der Waals surface area contributed by atoms with Crippen molar-refractivity contribution in [2.24, 2.45) is 0 Å². The lowest BCUT2D eigenvalue weighted by atomic mass is 9.69. The number of carbonyl (C=O) groups excluding carboxylic acids is 2. The highest BCUT2D eigenvalue weighted by Gasteiger charge is 2.51. The average Bonchev–Trinajstić information content (AvgIpc) is 2.76. The second-order valence-electron chi connectivity index (χ2n) is 6.47. The zero-order valence-electron chi connectivity index (χ0n) is 13.2. The molecule has 0 atom stereocenters. The Morgan fingerprint density at radius 3 is 2.45 bits per heavy atom. The Morgan fingerprint density at radius 2 is 1.91 bits per heavy atom. The van der Waals surface area contributed by atoms with Gasteiger partial charge in [0.25, 0.3) is 5.91 Å². The molecule has 118 valence electrons. The SMILES string of the molecule is CCN[C@]1(c2cccc(C)c2)CC[C@@]2(CC1)NC(=O)NC2=O. The molecule has 3 amide bonds. The van der Waals surface area contributed by atoms with Gasteiger partial charge in [0.15, 0.2) is 0 Å². The lowest BCUT2D eigenvalue weighted by Gasteiger charge is -2.44. The third kappa shape index (κ3) is 2.39. The molecule has 22 heavy (non-hydrogen) atoms. The summed E-state index contributed by atoms with van der Waals surface area (Å²) in [6.07, 6.45) is 2.98. The van der Waals surface area contributed by atoms with Gasteiger partial charge in [0.1, 0.15) is 5.54 Å². The number of urea groups is 1. The average molecular weight is 301 g/mol. The largest absolute Gasteiger partial charge is 0.323 e. The highest BCUT2D eigenvalue weighted by atomic mass is 16.2. The smallest absolute Gasteiger partial charge is 0.322 e. The Bertz CT molecular complexity index is 604. The summed E-state index contributed by atoms with van der Waals surface area (Å²) in [7, 11) is 0. The van der Waals surface area contributed by atoms with Crippen molar-refractivity contribution in [3.63, 3.8) is 0 Å². The number of rotatable bonds is 3. The molecule has 5 nitrogen and oxygen atoms in total. The quantitative estimate of drug-likeness (QED) is 0.747. The Kier molecular flexibility index (Phi) is 3.68. The van der Waals surface area contributed by atoms with Gasteiger partial charge >= 0.3 is 6.03 Å². The van der Waals surface area contributed by atoms with Gasteiger partial charge < -0.3 is 10.6 Å². The maximum Gasteiger partial charge on any atom is 0.322 e. The third-order valence-corrected chi connectivity index (χ3v) is 5.06. The van der Waals surface area contributed by atoms with Gasteiger partial charge in [-0.3, -0.25) is 10.1 Å². The minimum Gasteiger partial charge on any atom is -0.323 e. The molecule has 1 heterocycles. The minimum absolute atomic E-state index is 0.111. The van der Waals surface area contributed by atoms with Gasteiger partial charge in [0.05, 0.1) is 0 Å². The summed E-state index contributed by atoms with van der Waals surface area (Å²) >= 11 is 0. The summed E-state index contributed by atoms with van der Waals surface area (Å²) in [6, 6.07) is 8.18. The summed E-state index contributed by atoms with van der Waals surface area (Å²) in [5, 5.41) is 8.84. The number of hydrogen-bond donors (Lipinski definition) is 3. The van der Waals surface area contributed by atoms with Crippen LogP contribution in [0.1, 0.15) is 43.7 Å². The highest BCUT2D eigenvalue weighted by molar-refractivity contribution is 6.07. The first-order valence-electron chi connectivity index (χ1n) is 7.95. The molecule has 0 bridgehead atoms. The number of amides is 3. The van der Waals surface area contributed by atoms with Crippen LogP contribution in [0.15, 0.2) is 24.3 Å². The molecule has 0 unspecified atom stereocenters. The monoisotopic (exact) mass is 301 g/mol. The van der Waals surface area contributed by atoms with E-state index in [-0.39, 0.29) is 17.5 Å². The maximum atomic E-state index is 12.1. The molecule has 1 aliphatic carbocycles. The van der Waals surface area contributed by atoms with Crippen molar-refractivity contribution >= 4 is 11.9 Å². The van der Waals surface area contributed by atoms with Gasteiger partial charge in [-0.05, 0) is 44.7 Å². The Morgan fingerprint density at radius 1 is 1.18 bits per heavy atom. The van der Waals surface area contributed by atoms with Crippen LogP contribution >= 0.6 is 0 Å². The first-order chi connectivity index (χ1) is 10.5. The summed E-state index contributed by atoms with van der Waals surface area (Å²) < 4.78 is 0.